The van der Waals surface area contributed by atoms with E-state index < -0.39 is 0 Å². The van der Waals surface area contributed by atoms with Crippen molar-refractivity contribution in [3.63, 3.8) is 0 Å². The molecule has 2 heterocycles. The number of rotatable bonds is 2. The smallest absolute Gasteiger partial charge is 0.189 e. The van der Waals surface area contributed by atoms with Gasteiger partial charge in [0.2, 0.25) is 0 Å². The number of thiocarbonyl (C=S) groups is 1. The van der Waals surface area contributed by atoms with Gasteiger partial charge in [0.25, 0.3) is 0 Å². The van der Waals surface area contributed by atoms with Gasteiger partial charge in [-0.05, 0) is 49.3 Å². The van der Waals surface area contributed by atoms with Crippen molar-refractivity contribution in [3.8, 4) is 0 Å². The molecule has 1 aliphatic rings. The van der Waals surface area contributed by atoms with Crippen LogP contribution in [0.1, 0.15) is 34.7 Å². The number of hydrogen-bond donors (Lipinski definition) is 1. The maximum atomic E-state index is 6.62. The van der Waals surface area contributed by atoms with Crippen LogP contribution in [0.25, 0.3) is 10.9 Å². The summed E-state index contributed by atoms with van der Waals surface area (Å²) >= 11 is 12.1. The molecule has 3 aromatic rings. The summed E-state index contributed by atoms with van der Waals surface area (Å²) in [5.74, 6) is 0. The van der Waals surface area contributed by atoms with Crippen molar-refractivity contribution in [3.05, 3.63) is 75.9 Å². The fourth-order valence-corrected chi connectivity index (χ4v) is 4.06. The van der Waals surface area contributed by atoms with Crippen LogP contribution in [0, 0.1) is 13.8 Å². The Morgan fingerprint density at radius 2 is 1.96 bits per heavy atom. The van der Waals surface area contributed by atoms with Gasteiger partial charge in [0.05, 0.1) is 17.3 Å². The second-order valence-corrected chi connectivity index (χ2v) is 7.79. The lowest BCUT2D eigenvalue weighted by Crippen LogP contribution is -2.34. The quantitative estimate of drug-likeness (QED) is 0.469. The van der Waals surface area contributed by atoms with E-state index >= 15 is 0 Å². The highest BCUT2D eigenvalue weighted by molar-refractivity contribution is 7.80. The number of halogens is 1. The first-order valence-electron chi connectivity index (χ1n) is 9.19. The maximum absolute atomic E-state index is 6.62. The van der Waals surface area contributed by atoms with Gasteiger partial charge in [0, 0.05) is 30.0 Å². The van der Waals surface area contributed by atoms with Crippen LogP contribution in [0.15, 0.2) is 53.6 Å². The van der Waals surface area contributed by atoms with E-state index in [-0.39, 0.29) is 6.04 Å². The predicted octanol–water partition coefficient (Wildman–Crippen LogP) is 5.16. The summed E-state index contributed by atoms with van der Waals surface area (Å²) in [7, 11) is 1.81. The number of aromatic nitrogens is 1. The number of nitrogens with one attached hydrogen (secondary N) is 1. The minimum Gasteiger partial charge on any atom is -0.364 e. The number of pyridine rings is 1. The zero-order valence-corrected chi connectivity index (χ0v) is 17.6. The topological polar surface area (TPSA) is 40.5 Å². The van der Waals surface area contributed by atoms with Crippen LogP contribution in [-0.4, -0.2) is 27.9 Å². The molecule has 1 aromatic heterocycles. The number of benzene rings is 2. The van der Waals surface area contributed by atoms with Gasteiger partial charge in [-0.1, -0.05) is 48.0 Å². The lowest BCUT2D eigenvalue weighted by Gasteiger charge is -2.24. The second-order valence-electron chi connectivity index (χ2n) is 7.05. The summed E-state index contributed by atoms with van der Waals surface area (Å²) in [6.07, 6.45) is 0.714. The number of hydrogen-bond acceptors (Lipinski definition) is 3. The van der Waals surface area contributed by atoms with Gasteiger partial charge in [-0.3, -0.25) is 0 Å². The molecule has 0 aliphatic carbocycles. The molecule has 0 saturated carbocycles. The summed E-state index contributed by atoms with van der Waals surface area (Å²) in [5.41, 5.74) is 6.32. The summed E-state index contributed by atoms with van der Waals surface area (Å²) in [6.45, 7) is 4.15. The average Bonchev–Trinajstić information content (AvgIpc) is 3.12. The molecule has 1 aliphatic heterocycles. The Bertz CT molecular complexity index is 1110. The molecule has 4 rings (SSSR count). The van der Waals surface area contributed by atoms with Crippen molar-refractivity contribution in [2.75, 3.05) is 7.05 Å². The molecular weight excluding hydrogens is 388 g/mol. The highest BCUT2D eigenvalue weighted by atomic mass is 35.5. The molecule has 0 spiro atoms. The van der Waals surface area contributed by atoms with E-state index in [9.17, 15) is 0 Å². The zero-order chi connectivity index (χ0) is 19.8. The number of nitrogens with zero attached hydrogens (tertiary/aromatic N) is 3. The molecule has 6 heteroatoms. The second kappa shape index (κ2) is 7.49. The Morgan fingerprint density at radius 3 is 2.71 bits per heavy atom. The number of aryl methyl sites for hydroxylation is 2. The standard InChI is InChI=1S/C22H21ClN4S/c1-13-8-9-15-11-17(21(23)25-18(15)10-13)20-12-19(26-27(20)22(28)24-3)16-7-5-4-6-14(16)2/h4-11,20H,12H2,1-3H3,(H,24,28)/t20-/m0/s1. The Balaban J connectivity index is 1.79. The minimum atomic E-state index is -0.0970. The molecule has 1 atom stereocenters. The third kappa shape index (κ3) is 3.36. The lowest BCUT2D eigenvalue weighted by atomic mass is 9.96. The van der Waals surface area contributed by atoms with E-state index in [4.69, 9.17) is 28.9 Å². The summed E-state index contributed by atoms with van der Waals surface area (Å²) < 4.78 is 0. The third-order valence-electron chi connectivity index (χ3n) is 5.10. The van der Waals surface area contributed by atoms with E-state index in [0.29, 0.717) is 16.7 Å². The third-order valence-corrected chi connectivity index (χ3v) is 5.79. The summed E-state index contributed by atoms with van der Waals surface area (Å²) in [4.78, 5) is 4.64. The van der Waals surface area contributed by atoms with Crippen molar-refractivity contribution in [2.45, 2.75) is 26.3 Å². The monoisotopic (exact) mass is 408 g/mol. The van der Waals surface area contributed by atoms with Gasteiger partial charge in [-0.25, -0.2) is 9.99 Å². The fourth-order valence-electron chi connectivity index (χ4n) is 3.62. The maximum Gasteiger partial charge on any atom is 0.189 e. The van der Waals surface area contributed by atoms with Gasteiger partial charge >= 0.3 is 0 Å². The lowest BCUT2D eigenvalue weighted by molar-refractivity contribution is 0.366. The van der Waals surface area contributed by atoms with Gasteiger partial charge in [-0.2, -0.15) is 5.10 Å². The van der Waals surface area contributed by atoms with Crippen molar-refractivity contribution < 1.29 is 0 Å². The highest BCUT2D eigenvalue weighted by Gasteiger charge is 2.33. The molecule has 0 saturated heterocycles. The molecule has 2 aromatic carbocycles. The zero-order valence-electron chi connectivity index (χ0n) is 16.0. The molecular formula is C22H21ClN4S. The van der Waals surface area contributed by atoms with Crippen LogP contribution >= 0.6 is 23.8 Å². The predicted molar refractivity (Wildman–Crippen MR) is 120 cm³/mol. The fraction of sp³-hybridized carbons (Fsp3) is 0.227. The molecule has 142 valence electrons. The van der Waals surface area contributed by atoms with Crippen molar-refractivity contribution >= 4 is 45.5 Å². The van der Waals surface area contributed by atoms with Crippen LogP contribution in [0.5, 0.6) is 0 Å². The Kier molecular flexibility index (Phi) is 5.04. The molecule has 0 fully saturated rings. The van der Waals surface area contributed by atoms with E-state index in [1.54, 1.807) is 0 Å². The SMILES string of the molecule is CNC(=S)N1N=C(c2ccccc2C)C[C@H]1c1cc2ccc(C)cc2nc1Cl. The van der Waals surface area contributed by atoms with E-state index in [0.717, 1.165) is 33.3 Å². The van der Waals surface area contributed by atoms with Crippen molar-refractivity contribution in [1.82, 2.24) is 15.3 Å². The molecule has 0 bridgehead atoms. The molecule has 0 radical (unpaired) electrons. The Morgan fingerprint density at radius 1 is 1.18 bits per heavy atom. The van der Waals surface area contributed by atoms with E-state index in [2.05, 4.69) is 54.5 Å². The van der Waals surface area contributed by atoms with Crippen molar-refractivity contribution in [1.29, 1.82) is 0 Å². The minimum absolute atomic E-state index is 0.0970. The Hall–Kier alpha value is -2.50. The van der Waals surface area contributed by atoms with Crippen LogP contribution < -0.4 is 5.32 Å². The summed E-state index contributed by atoms with van der Waals surface area (Å²) in [5, 5.41) is 11.9. The van der Waals surface area contributed by atoms with Crippen LogP contribution in [0.4, 0.5) is 0 Å². The first-order valence-corrected chi connectivity index (χ1v) is 9.98. The van der Waals surface area contributed by atoms with Gasteiger partial charge < -0.3 is 5.32 Å². The molecule has 4 nitrogen and oxygen atoms in total. The van der Waals surface area contributed by atoms with Crippen molar-refractivity contribution in [2.24, 2.45) is 5.10 Å². The normalized spacial score (nSPS) is 16.4. The molecule has 0 amide bonds. The van der Waals surface area contributed by atoms with Gasteiger partial charge in [0.15, 0.2) is 5.11 Å². The van der Waals surface area contributed by atoms with Gasteiger partial charge in [-0.15, -0.1) is 0 Å². The van der Waals surface area contributed by atoms with E-state index in [1.807, 2.05) is 30.3 Å². The molecule has 1 N–H and O–H groups in total. The number of fused-ring (bicyclic) bond motifs is 1. The largest absolute Gasteiger partial charge is 0.364 e. The first-order chi connectivity index (χ1) is 13.5. The summed E-state index contributed by atoms with van der Waals surface area (Å²) in [6, 6.07) is 16.5. The van der Waals surface area contributed by atoms with E-state index in [1.165, 1.54) is 5.56 Å². The van der Waals surface area contributed by atoms with Crippen LogP contribution in [0.3, 0.4) is 0 Å². The van der Waals surface area contributed by atoms with Crippen LogP contribution in [0.2, 0.25) is 5.15 Å². The molecule has 0 unspecified atom stereocenters. The Labute approximate surface area is 175 Å². The molecule has 28 heavy (non-hydrogen) atoms. The first kappa shape index (κ1) is 18.8. The highest BCUT2D eigenvalue weighted by Crippen LogP contribution is 2.37. The average molecular weight is 409 g/mol. The van der Waals surface area contributed by atoms with Crippen LogP contribution in [-0.2, 0) is 0 Å². The number of hydrazone groups is 1. The van der Waals surface area contributed by atoms with Gasteiger partial charge in [0.1, 0.15) is 5.15 Å².